The monoisotopic (exact) mass is 265 g/mol. The van der Waals surface area contributed by atoms with Gasteiger partial charge in [0.05, 0.1) is 12.1 Å². The summed E-state index contributed by atoms with van der Waals surface area (Å²) < 4.78 is 4.65. The Morgan fingerprint density at radius 1 is 1.28 bits per heavy atom. The number of methoxy groups -OCH3 is 1. The lowest BCUT2D eigenvalue weighted by molar-refractivity contribution is -0.137. The topological polar surface area (TPSA) is 46.6 Å². The molecule has 0 saturated carbocycles. The van der Waals surface area contributed by atoms with Crippen LogP contribution in [-0.4, -0.2) is 30.4 Å². The first-order chi connectivity index (χ1) is 8.65. The van der Waals surface area contributed by atoms with E-state index in [1.165, 1.54) is 12.0 Å². The largest absolute Gasteiger partial charge is 0.464 e. The molecule has 0 saturated heterocycles. The molecule has 18 heavy (non-hydrogen) atoms. The maximum absolute atomic E-state index is 12.2. The molecular weight excluding hydrogens is 254 g/mol. The zero-order valence-corrected chi connectivity index (χ0v) is 10.6. The quantitative estimate of drug-likeness (QED) is 0.770. The van der Waals surface area contributed by atoms with Crippen molar-refractivity contribution in [2.24, 2.45) is 0 Å². The molecule has 0 fully saturated rings. The van der Waals surface area contributed by atoms with Gasteiger partial charge in [-0.05, 0) is 12.1 Å². The molecule has 1 aromatic carbocycles. The van der Waals surface area contributed by atoms with Crippen LogP contribution in [0.25, 0.3) is 0 Å². The van der Waals surface area contributed by atoms with Crippen molar-refractivity contribution in [2.75, 3.05) is 13.7 Å². The van der Waals surface area contributed by atoms with Gasteiger partial charge >= 0.3 is 5.97 Å². The molecule has 1 aliphatic rings. The van der Waals surface area contributed by atoms with E-state index in [-0.39, 0.29) is 11.6 Å². The Hall–Kier alpha value is -1.81. The van der Waals surface area contributed by atoms with Gasteiger partial charge < -0.3 is 9.64 Å². The second-order valence-electron chi connectivity index (χ2n) is 3.82. The summed E-state index contributed by atoms with van der Waals surface area (Å²) in [5, 5.41) is 0.367. The summed E-state index contributed by atoms with van der Waals surface area (Å²) in [4.78, 5) is 25.2. The number of hydrogen-bond donors (Lipinski definition) is 0. The number of benzene rings is 1. The van der Waals surface area contributed by atoms with E-state index in [1.54, 1.807) is 24.3 Å². The van der Waals surface area contributed by atoms with Gasteiger partial charge in [-0.25, -0.2) is 4.79 Å². The molecule has 1 amide bonds. The number of esters is 1. The van der Waals surface area contributed by atoms with Gasteiger partial charge in [0, 0.05) is 18.5 Å². The van der Waals surface area contributed by atoms with Crippen LogP contribution in [0.3, 0.4) is 0 Å². The zero-order valence-electron chi connectivity index (χ0n) is 9.85. The average Bonchev–Trinajstić information content (AvgIpc) is 2.80. The van der Waals surface area contributed by atoms with Crippen LogP contribution in [0, 0.1) is 0 Å². The maximum atomic E-state index is 12.2. The molecule has 0 aromatic heterocycles. The van der Waals surface area contributed by atoms with Gasteiger partial charge in [-0.15, -0.1) is 0 Å². The molecule has 1 heterocycles. The van der Waals surface area contributed by atoms with E-state index in [9.17, 15) is 9.59 Å². The van der Waals surface area contributed by atoms with Gasteiger partial charge in [0.1, 0.15) is 5.70 Å². The molecule has 0 N–H and O–H groups in total. The molecule has 1 aromatic rings. The third-order valence-electron chi connectivity index (χ3n) is 2.73. The molecule has 0 unspecified atom stereocenters. The van der Waals surface area contributed by atoms with E-state index < -0.39 is 5.97 Å². The van der Waals surface area contributed by atoms with Crippen LogP contribution in [0.2, 0.25) is 0 Å². The van der Waals surface area contributed by atoms with Gasteiger partial charge in [0.2, 0.25) is 0 Å². The smallest absolute Gasteiger partial charge is 0.355 e. The summed E-state index contributed by atoms with van der Waals surface area (Å²) >= 11 is 5.96. The molecular formula is C13H12ClNO3. The summed E-state index contributed by atoms with van der Waals surface area (Å²) in [6.45, 7) is 0.400. The predicted molar refractivity (Wildman–Crippen MR) is 67.0 cm³/mol. The van der Waals surface area contributed by atoms with Crippen LogP contribution < -0.4 is 0 Å². The number of rotatable bonds is 2. The van der Waals surface area contributed by atoms with Gasteiger partial charge in [-0.3, -0.25) is 4.79 Å². The normalized spacial score (nSPS) is 14.9. The molecule has 0 radical (unpaired) electrons. The highest BCUT2D eigenvalue weighted by atomic mass is 35.5. The van der Waals surface area contributed by atoms with Crippen molar-refractivity contribution < 1.29 is 14.3 Å². The van der Waals surface area contributed by atoms with Crippen LogP contribution in [0.4, 0.5) is 0 Å². The lowest BCUT2D eigenvalue weighted by atomic mass is 10.2. The second-order valence-corrected chi connectivity index (χ2v) is 4.27. The molecule has 0 atom stereocenters. The van der Waals surface area contributed by atoms with Gasteiger partial charge in [0.15, 0.2) is 0 Å². The number of amides is 1. The summed E-state index contributed by atoms with van der Waals surface area (Å²) in [5.74, 6) is -0.826. The Morgan fingerprint density at radius 2 is 1.94 bits per heavy atom. The van der Waals surface area contributed by atoms with Gasteiger partial charge in [-0.1, -0.05) is 29.8 Å². The number of nitrogens with zero attached hydrogens (tertiary/aromatic N) is 1. The lowest BCUT2D eigenvalue weighted by Crippen LogP contribution is -2.31. The fourth-order valence-electron chi connectivity index (χ4n) is 1.84. The van der Waals surface area contributed by atoms with Crippen molar-refractivity contribution in [1.29, 1.82) is 0 Å². The van der Waals surface area contributed by atoms with E-state index in [0.29, 0.717) is 23.6 Å². The lowest BCUT2D eigenvalue weighted by Gasteiger charge is -2.18. The Balaban J connectivity index is 2.30. The van der Waals surface area contributed by atoms with E-state index in [2.05, 4.69) is 4.74 Å². The summed E-state index contributed by atoms with van der Waals surface area (Å²) in [7, 11) is 1.27. The first-order valence-corrected chi connectivity index (χ1v) is 5.87. The van der Waals surface area contributed by atoms with Gasteiger partial charge in [0.25, 0.3) is 5.91 Å². The van der Waals surface area contributed by atoms with Crippen LogP contribution in [-0.2, 0) is 9.53 Å². The Labute approximate surface area is 110 Å². The number of hydrogen-bond acceptors (Lipinski definition) is 3. The minimum atomic E-state index is -0.582. The van der Waals surface area contributed by atoms with Crippen molar-refractivity contribution >= 4 is 23.5 Å². The minimum absolute atomic E-state index is 0.146. The third-order valence-corrected chi connectivity index (χ3v) is 3.09. The SMILES string of the molecule is COC(=O)C1=C(Cl)CCN1C(=O)c1ccccc1. The standard InChI is InChI=1S/C13H12ClNO3/c1-18-13(17)11-10(14)7-8-15(11)12(16)9-5-3-2-4-6-9/h2-6H,7-8H2,1H3. The average molecular weight is 266 g/mol. The van der Waals surface area contributed by atoms with Crippen molar-refractivity contribution in [3.05, 3.63) is 46.6 Å². The van der Waals surface area contributed by atoms with Crippen molar-refractivity contribution in [2.45, 2.75) is 6.42 Å². The van der Waals surface area contributed by atoms with Crippen LogP contribution >= 0.6 is 11.6 Å². The highest BCUT2D eigenvalue weighted by Crippen LogP contribution is 2.28. The molecule has 5 heteroatoms. The van der Waals surface area contributed by atoms with E-state index in [4.69, 9.17) is 11.6 Å². The zero-order chi connectivity index (χ0) is 13.1. The summed E-state index contributed by atoms with van der Waals surface area (Å²) in [5.41, 5.74) is 0.665. The maximum Gasteiger partial charge on any atom is 0.355 e. The number of carbonyl (C=O) groups excluding carboxylic acids is 2. The fraction of sp³-hybridized carbons (Fsp3) is 0.231. The minimum Gasteiger partial charge on any atom is -0.464 e. The molecule has 0 spiro atoms. The molecule has 1 aliphatic heterocycles. The molecule has 4 nitrogen and oxygen atoms in total. The van der Waals surface area contributed by atoms with Gasteiger partial charge in [-0.2, -0.15) is 0 Å². The highest BCUT2D eigenvalue weighted by Gasteiger charge is 2.32. The second kappa shape index (κ2) is 5.23. The van der Waals surface area contributed by atoms with Crippen LogP contribution in [0.15, 0.2) is 41.1 Å². The Kier molecular flexibility index (Phi) is 3.67. The van der Waals surface area contributed by atoms with Crippen molar-refractivity contribution in [3.8, 4) is 0 Å². The fourth-order valence-corrected chi connectivity index (χ4v) is 2.11. The van der Waals surface area contributed by atoms with E-state index >= 15 is 0 Å². The molecule has 94 valence electrons. The van der Waals surface area contributed by atoms with Crippen molar-refractivity contribution in [1.82, 2.24) is 4.90 Å². The van der Waals surface area contributed by atoms with Crippen LogP contribution in [0.5, 0.6) is 0 Å². The predicted octanol–water partition coefficient (Wildman–Crippen LogP) is 2.16. The molecule has 0 bridgehead atoms. The van der Waals surface area contributed by atoms with E-state index in [0.717, 1.165) is 0 Å². The third kappa shape index (κ3) is 2.24. The highest BCUT2D eigenvalue weighted by molar-refractivity contribution is 6.32. The number of carbonyl (C=O) groups is 2. The Morgan fingerprint density at radius 3 is 2.56 bits per heavy atom. The van der Waals surface area contributed by atoms with E-state index in [1.807, 2.05) is 6.07 Å². The first kappa shape index (κ1) is 12.6. The first-order valence-electron chi connectivity index (χ1n) is 5.49. The Bertz CT molecular complexity index is 510. The summed E-state index contributed by atoms with van der Waals surface area (Å²) in [6.07, 6.45) is 0.477. The number of halogens is 1. The van der Waals surface area contributed by atoms with Crippen molar-refractivity contribution in [3.63, 3.8) is 0 Å². The van der Waals surface area contributed by atoms with Crippen LogP contribution in [0.1, 0.15) is 16.8 Å². The summed E-state index contributed by atoms with van der Waals surface area (Å²) in [6, 6.07) is 8.76. The molecule has 2 rings (SSSR count). The number of ether oxygens (including phenoxy) is 1. The molecule has 0 aliphatic carbocycles.